The molecule has 3 nitrogen and oxygen atoms in total. The fourth-order valence-corrected chi connectivity index (χ4v) is 2.58. The largest absolute Gasteiger partial charge is 0.508 e. The highest BCUT2D eigenvalue weighted by Gasteiger charge is 2.26. The number of hydrogen-bond acceptors (Lipinski definition) is 3. The van der Waals surface area contributed by atoms with Gasteiger partial charge in [-0.3, -0.25) is 4.90 Å². The highest BCUT2D eigenvalue weighted by Crippen LogP contribution is 2.32. The summed E-state index contributed by atoms with van der Waals surface area (Å²) in [5.41, 5.74) is 0.978. The van der Waals surface area contributed by atoms with Crippen LogP contribution < -0.4 is 0 Å². The Labute approximate surface area is 96.3 Å². The van der Waals surface area contributed by atoms with E-state index in [0.29, 0.717) is 6.04 Å². The zero-order valence-corrected chi connectivity index (χ0v) is 9.85. The van der Waals surface area contributed by atoms with Gasteiger partial charge in [0.2, 0.25) is 0 Å². The van der Waals surface area contributed by atoms with E-state index in [4.69, 9.17) is 0 Å². The average molecular weight is 221 g/mol. The number of phenolic OH excluding ortho intramolecular Hbond substituents is 2. The van der Waals surface area contributed by atoms with Crippen LogP contribution in [0.4, 0.5) is 0 Å². The van der Waals surface area contributed by atoms with Crippen LogP contribution in [0.15, 0.2) is 18.2 Å². The van der Waals surface area contributed by atoms with Gasteiger partial charge in [0.05, 0.1) is 0 Å². The van der Waals surface area contributed by atoms with Crippen LogP contribution in [0.25, 0.3) is 0 Å². The maximum absolute atomic E-state index is 9.47. The van der Waals surface area contributed by atoms with Crippen LogP contribution in [-0.2, 0) is 0 Å². The molecule has 2 N–H and O–H groups in total. The van der Waals surface area contributed by atoms with Gasteiger partial charge >= 0.3 is 0 Å². The van der Waals surface area contributed by atoms with Gasteiger partial charge in [0.1, 0.15) is 11.5 Å². The summed E-state index contributed by atoms with van der Waals surface area (Å²) < 4.78 is 0. The fourth-order valence-electron chi connectivity index (χ4n) is 2.58. The third-order valence-corrected chi connectivity index (χ3v) is 3.51. The van der Waals surface area contributed by atoms with Crippen molar-refractivity contribution >= 4 is 0 Å². The van der Waals surface area contributed by atoms with Crippen LogP contribution in [0.5, 0.6) is 11.5 Å². The molecule has 0 spiro atoms. The molecule has 1 aromatic carbocycles. The molecular formula is C13H19NO2. The SMILES string of the molecule is CC1CCCN1C(C)c1cc(O)cc(O)c1. The van der Waals surface area contributed by atoms with Gasteiger partial charge in [-0.05, 0) is 50.9 Å². The maximum Gasteiger partial charge on any atom is 0.119 e. The fraction of sp³-hybridized carbons (Fsp3) is 0.538. The Morgan fingerprint density at radius 2 is 1.88 bits per heavy atom. The summed E-state index contributed by atoms with van der Waals surface area (Å²) >= 11 is 0. The molecule has 0 aliphatic carbocycles. The summed E-state index contributed by atoms with van der Waals surface area (Å²) in [4.78, 5) is 2.41. The van der Waals surface area contributed by atoms with Gasteiger partial charge in [0.15, 0.2) is 0 Å². The lowest BCUT2D eigenvalue weighted by atomic mass is 10.1. The lowest BCUT2D eigenvalue weighted by Crippen LogP contribution is -2.29. The number of benzene rings is 1. The average Bonchev–Trinajstić information content (AvgIpc) is 2.62. The summed E-state index contributed by atoms with van der Waals surface area (Å²) in [6, 6.07) is 5.66. The quantitative estimate of drug-likeness (QED) is 0.807. The third-order valence-electron chi connectivity index (χ3n) is 3.51. The van der Waals surface area contributed by atoms with E-state index in [0.717, 1.165) is 12.1 Å². The molecule has 3 heteroatoms. The van der Waals surface area contributed by atoms with Crippen LogP contribution in [0.1, 0.15) is 38.3 Å². The summed E-state index contributed by atoms with van der Waals surface area (Å²) in [6.07, 6.45) is 2.46. The van der Waals surface area contributed by atoms with Gasteiger partial charge in [0, 0.05) is 18.2 Å². The molecule has 1 aliphatic heterocycles. The number of hydrogen-bond donors (Lipinski definition) is 2. The molecule has 2 rings (SSSR count). The minimum Gasteiger partial charge on any atom is -0.508 e. The Hall–Kier alpha value is -1.22. The summed E-state index contributed by atoms with van der Waals surface area (Å²) in [6.45, 7) is 5.45. The Bertz CT molecular complexity index is 358. The van der Waals surface area contributed by atoms with Crippen LogP contribution in [0, 0.1) is 0 Å². The van der Waals surface area contributed by atoms with E-state index >= 15 is 0 Å². The predicted molar refractivity (Wildman–Crippen MR) is 63.6 cm³/mol. The Morgan fingerprint density at radius 1 is 1.25 bits per heavy atom. The maximum atomic E-state index is 9.47. The molecule has 1 saturated heterocycles. The number of likely N-dealkylation sites (tertiary alicyclic amines) is 1. The predicted octanol–water partition coefficient (Wildman–Crippen LogP) is 2.64. The van der Waals surface area contributed by atoms with Crippen molar-refractivity contribution in [1.82, 2.24) is 4.90 Å². The number of nitrogens with zero attached hydrogens (tertiary/aromatic N) is 1. The van der Waals surface area contributed by atoms with Crippen molar-refractivity contribution in [3.63, 3.8) is 0 Å². The van der Waals surface area contributed by atoms with E-state index < -0.39 is 0 Å². The summed E-state index contributed by atoms with van der Waals surface area (Å²) in [5, 5.41) is 18.9. The zero-order valence-electron chi connectivity index (χ0n) is 9.85. The Kier molecular flexibility index (Phi) is 3.06. The molecule has 1 heterocycles. The third kappa shape index (κ3) is 2.14. The van der Waals surface area contributed by atoms with Gasteiger partial charge < -0.3 is 10.2 Å². The molecule has 0 radical (unpaired) electrons. The van der Waals surface area contributed by atoms with Crippen molar-refractivity contribution in [2.24, 2.45) is 0 Å². The smallest absolute Gasteiger partial charge is 0.119 e. The molecule has 16 heavy (non-hydrogen) atoms. The van der Waals surface area contributed by atoms with Crippen molar-refractivity contribution in [2.75, 3.05) is 6.54 Å². The molecule has 1 fully saturated rings. The van der Waals surface area contributed by atoms with Crippen molar-refractivity contribution in [3.05, 3.63) is 23.8 Å². The number of phenols is 2. The van der Waals surface area contributed by atoms with Crippen molar-refractivity contribution in [2.45, 2.75) is 38.8 Å². The van der Waals surface area contributed by atoms with Crippen LogP contribution in [0.3, 0.4) is 0 Å². The number of rotatable bonds is 2. The second-order valence-corrected chi connectivity index (χ2v) is 4.69. The van der Waals surface area contributed by atoms with Crippen molar-refractivity contribution in [3.8, 4) is 11.5 Å². The highest BCUT2D eigenvalue weighted by molar-refractivity contribution is 5.38. The molecule has 0 amide bonds. The first kappa shape index (κ1) is 11.3. The standard InChI is InChI=1S/C13H19NO2/c1-9-4-3-5-14(9)10(2)11-6-12(15)8-13(16)7-11/h6-10,15-16H,3-5H2,1-2H3. The van der Waals surface area contributed by atoms with Crippen molar-refractivity contribution < 1.29 is 10.2 Å². The molecule has 1 aliphatic rings. The molecular weight excluding hydrogens is 202 g/mol. The van der Waals surface area contributed by atoms with E-state index in [9.17, 15) is 10.2 Å². The summed E-state index contributed by atoms with van der Waals surface area (Å²) in [7, 11) is 0. The van der Waals surface area contributed by atoms with Crippen molar-refractivity contribution in [1.29, 1.82) is 0 Å². The van der Waals surface area contributed by atoms with Gasteiger partial charge in [-0.25, -0.2) is 0 Å². The van der Waals surface area contributed by atoms with E-state index in [2.05, 4.69) is 18.7 Å². The summed E-state index contributed by atoms with van der Waals surface area (Å²) in [5.74, 6) is 0.266. The monoisotopic (exact) mass is 221 g/mol. The molecule has 0 saturated carbocycles. The molecule has 0 aromatic heterocycles. The molecule has 2 unspecified atom stereocenters. The van der Waals surface area contributed by atoms with Gasteiger partial charge in [-0.1, -0.05) is 0 Å². The lowest BCUT2D eigenvalue weighted by Gasteiger charge is -2.29. The first-order valence-electron chi connectivity index (χ1n) is 5.86. The normalized spacial score (nSPS) is 23.5. The van der Waals surface area contributed by atoms with E-state index in [1.807, 2.05) is 0 Å². The second kappa shape index (κ2) is 4.34. The minimum absolute atomic E-state index is 0.133. The molecule has 88 valence electrons. The van der Waals surface area contributed by atoms with Gasteiger partial charge in [-0.2, -0.15) is 0 Å². The second-order valence-electron chi connectivity index (χ2n) is 4.69. The Morgan fingerprint density at radius 3 is 2.38 bits per heavy atom. The van der Waals surface area contributed by atoms with Crippen LogP contribution >= 0.6 is 0 Å². The van der Waals surface area contributed by atoms with E-state index in [1.54, 1.807) is 12.1 Å². The number of aromatic hydroxyl groups is 2. The van der Waals surface area contributed by atoms with Crippen LogP contribution in [-0.4, -0.2) is 27.7 Å². The lowest BCUT2D eigenvalue weighted by molar-refractivity contribution is 0.204. The molecule has 2 atom stereocenters. The molecule has 0 bridgehead atoms. The van der Waals surface area contributed by atoms with Gasteiger partial charge in [-0.15, -0.1) is 0 Å². The molecule has 1 aromatic rings. The van der Waals surface area contributed by atoms with E-state index in [-0.39, 0.29) is 17.5 Å². The van der Waals surface area contributed by atoms with Crippen LogP contribution in [0.2, 0.25) is 0 Å². The zero-order chi connectivity index (χ0) is 11.7. The first-order valence-corrected chi connectivity index (χ1v) is 5.86. The van der Waals surface area contributed by atoms with Gasteiger partial charge in [0.25, 0.3) is 0 Å². The van der Waals surface area contributed by atoms with E-state index in [1.165, 1.54) is 18.9 Å². The Balaban J connectivity index is 2.22. The highest BCUT2D eigenvalue weighted by atomic mass is 16.3. The first-order chi connectivity index (χ1) is 7.58. The topological polar surface area (TPSA) is 43.7 Å². The minimum atomic E-state index is 0.133.